The van der Waals surface area contributed by atoms with Crippen LogP contribution in [0.25, 0.3) is 0 Å². The highest BCUT2D eigenvalue weighted by atomic mass is 15.3. The quantitative estimate of drug-likeness (QED) is 0.848. The smallest absolute Gasteiger partial charge is 0.126 e. The average Bonchev–Trinajstić information content (AvgIpc) is 2.70. The predicted molar refractivity (Wildman–Crippen MR) is 64.0 cm³/mol. The number of hydrogen-bond acceptors (Lipinski definition) is 3. The molecule has 4 nitrogen and oxygen atoms in total. The van der Waals surface area contributed by atoms with Gasteiger partial charge in [0.05, 0.1) is 6.20 Å². The Bertz CT molecular complexity index is 462. The van der Waals surface area contributed by atoms with Crippen LogP contribution in [0.1, 0.15) is 24.5 Å². The van der Waals surface area contributed by atoms with E-state index in [1.807, 2.05) is 23.0 Å². The minimum absolute atomic E-state index is 0.603. The Kier molecular flexibility index (Phi) is 3.19. The number of nitrogen functional groups attached to an aromatic ring is 1. The first-order valence-corrected chi connectivity index (χ1v) is 5.50. The molecule has 2 rings (SSSR count). The number of nitrogens with two attached hydrogens (primary N) is 1. The number of hydrogen-bond donors (Lipinski definition) is 1. The molecule has 2 aromatic rings. The molecule has 0 bridgehead atoms. The molecule has 4 heteroatoms. The molecule has 0 aliphatic rings. The number of anilines is 1. The molecule has 84 valence electrons. The second kappa shape index (κ2) is 4.79. The minimum atomic E-state index is 0.603. The fourth-order valence-electron chi connectivity index (χ4n) is 1.67. The Balaban J connectivity index is 2.11. The van der Waals surface area contributed by atoms with Gasteiger partial charge in [-0.2, -0.15) is 5.10 Å². The Morgan fingerprint density at radius 3 is 3.06 bits per heavy atom. The number of nitrogens with zero attached hydrogens (tertiary/aromatic N) is 3. The summed E-state index contributed by atoms with van der Waals surface area (Å²) in [6.07, 6.45) is 7.55. The second-order valence-corrected chi connectivity index (χ2v) is 3.84. The van der Waals surface area contributed by atoms with E-state index >= 15 is 0 Å². The molecule has 0 aliphatic carbocycles. The molecule has 0 saturated heterocycles. The zero-order valence-corrected chi connectivity index (χ0v) is 9.43. The van der Waals surface area contributed by atoms with Gasteiger partial charge in [-0.1, -0.05) is 13.0 Å². The summed E-state index contributed by atoms with van der Waals surface area (Å²) in [5.41, 5.74) is 8.02. The highest BCUT2D eigenvalue weighted by Gasteiger charge is 2.03. The van der Waals surface area contributed by atoms with Gasteiger partial charge in [0.15, 0.2) is 0 Å². The zero-order chi connectivity index (χ0) is 11.4. The molecule has 0 atom stereocenters. The number of aryl methyl sites for hydroxylation is 1. The van der Waals surface area contributed by atoms with Crippen LogP contribution in [-0.4, -0.2) is 14.8 Å². The van der Waals surface area contributed by atoms with Gasteiger partial charge in [0.2, 0.25) is 0 Å². The van der Waals surface area contributed by atoms with E-state index in [0.29, 0.717) is 5.82 Å². The molecule has 0 saturated carbocycles. The predicted octanol–water partition coefficient (Wildman–Crippen LogP) is 1.86. The van der Waals surface area contributed by atoms with Crippen molar-refractivity contribution in [1.82, 2.24) is 14.8 Å². The Labute approximate surface area is 95.1 Å². The third-order valence-corrected chi connectivity index (χ3v) is 2.46. The lowest BCUT2D eigenvalue weighted by Gasteiger charge is -2.01. The van der Waals surface area contributed by atoms with E-state index in [4.69, 9.17) is 5.73 Å². The fourth-order valence-corrected chi connectivity index (χ4v) is 1.67. The SMILES string of the molecule is CCCn1cc(Cc2cccnc2N)cn1. The van der Waals surface area contributed by atoms with Crippen molar-refractivity contribution in [3.8, 4) is 0 Å². The number of rotatable bonds is 4. The van der Waals surface area contributed by atoms with Crippen molar-refractivity contribution in [1.29, 1.82) is 0 Å². The van der Waals surface area contributed by atoms with E-state index in [-0.39, 0.29) is 0 Å². The molecule has 0 spiro atoms. The summed E-state index contributed by atoms with van der Waals surface area (Å²) < 4.78 is 1.96. The monoisotopic (exact) mass is 216 g/mol. The summed E-state index contributed by atoms with van der Waals surface area (Å²) in [4.78, 5) is 4.07. The maximum Gasteiger partial charge on any atom is 0.126 e. The number of aromatic nitrogens is 3. The largest absolute Gasteiger partial charge is 0.383 e. The van der Waals surface area contributed by atoms with Crippen LogP contribution in [0.3, 0.4) is 0 Å². The Morgan fingerprint density at radius 1 is 1.44 bits per heavy atom. The lowest BCUT2D eigenvalue weighted by molar-refractivity contribution is 0.602. The van der Waals surface area contributed by atoms with Gasteiger partial charge in [-0.15, -0.1) is 0 Å². The highest BCUT2D eigenvalue weighted by Crippen LogP contribution is 2.13. The standard InChI is InChI=1S/C12H16N4/c1-2-6-16-9-10(8-15-16)7-11-4-3-5-14-12(11)13/h3-5,8-9H,2,6-7H2,1H3,(H2,13,14). The maximum absolute atomic E-state index is 5.80. The van der Waals surface area contributed by atoms with Gasteiger partial charge in [0.1, 0.15) is 5.82 Å². The molecule has 16 heavy (non-hydrogen) atoms. The van der Waals surface area contributed by atoms with Crippen LogP contribution in [0.4, 0.5) is 5.82 Å². The van der Waals surface area contributed by atoms with E-state index in [9.17, 15) is 0 Å². The maximum atomic E-state index is 5.80. The summed E-state index contributed by atoms with van der Waals surface area (Å²) in [6, 6.07) is 3.90. The molecule has 0 radical (unpaired) electrons. The van der Waals surface area contributed by atoms with E-state index in [1.54, 1.807) is 6.20 Å². The van der Waals surface area contributed by atoms with Crippen LogP contribution < -0.4 is 5.73 Å². The van der Waals surface area contributed by atoms with Crippen LogP contribution in [0.2, 0.25) is 0 Å². The molecule has 2 N–H and O–H groups in total. The van der Waals surface area contributed by atoms with Gasteiger partial charge >= 0.3 is 0 Å². The van der Waals surface area contributed by atoms with Crippen molar-refractivity contribution < 1.29 is 0 Å². The summed E-state index contributed by atoms with van der Waals surface area (Å²) in [6.45, 7) is 3.10. The van der Waals surface area contributed by atoms with Crippen molar-refractivity contribution in [2.75, 3.05) is 5.73 Å². The van der Waals surface area contributed by atoms with Crippen molar-refractivity contribution in [2.24, 2.45) is 0 Å². The van der Waals surface area contributed by atoms with Gasteiger partial charge in [0.25, 0.3) is 0 Å². The normalized spacial score (nSPS) is 10.6. The minimum Gasteiger partial charge on any atom is -0.383 e. The highest BCUT2D eigenvalue weighted by molar-refractivity contribution is 5.41. The molecule has 2 heterocycles. The molecule has 0 amide bonds. The zero-order valence-electron chi connectivity index (χ0n) is 9.43. The van der Waals surface area contributed by atoms with Gasteiger partial charge in [0, 0.05) is 25.4 Å². The summed E-state index contributed by atoms with van der Waals surface area (Å²) in [7, 11) is 0. The van der Waals surface area contributed by atoms with Crippen molar-refractivity contribution in [3.63, 3.8) is 0 Å². The molecular formula is C12H16N4. The first-order chi connectivity index (χ1) is 7.79. The van der Waals surface area contributed by atoms with E-state index in [2.05, 4.69) is 23.2 Å². The van der Waals surface area contributed by atoms with E-state index < -0.39 is 0 Å². The van der Waals surface area contributed by atoms with Gasteiger partial charge < -0.3 is 5.73 Å². The summed E-state index contributed by atoms with van der Waals surface area (Å²) in [5, 5.41) is 4.29. The van der Waals surface area contributed by atoms with Gasteiger partial charge in [-0.05, 0) is 23.6 Å². The van der Waals surface area contributed by atoms with Crippen molar-refractivity contribution in [2.45, 2.75) is 26.3 Å². The van der Waals surface area contributed by atoms with Crippen LogP contribution >= 0.6 is 0 Å². The lowest BCUT2D eigenvalue weighted by Crippen LogP contribution is -1.98. The summed E-state index contributed by atoms with van der Waals surface area (Å²) >= 11 is 0. The molecule has 0 aromatic carbocycles. The molecule has 0 fully saturated rings. The first-order valence-electron chi connectivity index (χ1n) is 5.50. The van der Waals surface area contributed by atoms with Crippen molar-refractivity contribution >= 4 is 5.82 Å². The van der Waals surface area contributed by atoms with Gasteiger partial charge in [-0.3, -0.25) is 4.68 Å². The third-order valence-electron chi connectivity index (χ3n) is 2.46. The van der Waals surface area contributed by atoms with Crippen LogP contribution in [0.5, 0.6) is 0 Å². The Morgan fingerprint density at radius 2 is 2.31 bits per heavy atom. The molecular weight excluding hydrogens is 200 g/mol. The van der Waals surface area contributed by atoms with E-state index in [1.165, 1.54) is 5.56 Å². The lowest BCUT2D eigenvalue weighted by atomic mass is 10.1. The van der Waals surface area contributed by atoms with Crippen molar-refractivity contribution in [3.05, 3.63) is 41.9 Å². The van der Waals surface area contributed by atoms with Crippen LogP contribution in [0, 0.1) is 0 Å². The molecule has 0 aliphatic heterocycles. The number of pyridine rings is 1. The second-order valence-electron chi connectivity index (χ2n) is 3.84. The molecule has 2 aromatic heterocycles. The summed E-state index contributed by atoms with van der Waals surface area (Å²) in [5.74, 6) is 0.603. The van der Waals surface area contributed by atoms with Crippen LogP contribution in [-0.2, 0) is 13.0 Å². The average molecular weight is 216 g/mol. The Hall–Kier alpha value is -1.84. The van der Waals surface area contributed by atoms with E-state index in [0.717, 1.165) is 24.9 Å². The van der Waals surface area contributed by atoms with Gasteiger partial charge in [-0.25, -0.2) is 4.98 Å². The fraction of sp³-hybridized carbons (Fsp3) is 0.333. The third kappa shape index (κ3) is 2.39. The van der Waals surface area contributed by atoms with Crippen LogP contribution in [0.15, 0.2) is 30.7 Å². The first kappa shape index (κ1) is 10.7. The molecule has 0 unspecified atom stereocenters. The topological polar surface area (TPSA) is 56.7 Å².